The normalized spacial score (nSPS) is 8.00. The average molecular weight is 392 g/mol. The van der Waals surface area contributed by atoms with Crippen molar-refractivity contribution in [3.05, 3.63) is 66.2 Å². The standard InChI is InChI=1S/C15H15O2.2C2H6.BrH.Mg/c1-3-7-14(8-4-1)13-16-11-12-17-15-9-5-2-6-10-15;2*1-2;;/h1-9H,11-13H2;2*1-2H3;1H;/q-1;;;;+2/p-1. The number of para-hydroxylation sites is 1. The van der Waals surface area contributed by atoms with Gasteiger partial charge in [0.15, 0.2) is 0 Å². The van der Waals surface area contributed by atoms with Crippen molar-refractivity contribution in [2.24, 2.45) is 0 Å². The Hall–Kier alpha value is -0.554. The summed E-state index contributed by atoms with van der Waals surface area (Å²) in [6, 6.07) is 20.7. The van der Waals surface area contributed by atoms with Crippen molar-refractivity contribution < 1.29 is 26.5 Å². The van der Waals surface area contributed by atoms with Crippen molar-refractivity contribution in [2.75, 3.05) is 13.2 Å². The molecular weight excluding hydrogens is 364 g/mol. The molecule has 0 bridgehead atoms. The van der Waals surface area contributed by atoms with Crippen LogP contribution in [0.15, 0.2) is 54.6 Å². The molecule has 2 aromatic carbocycles. The van der Waals surface area contributed by atoms with E-state index in [4.69, 9.17) is 9.47 Å². The smallest absolute Gasteiger partial charge is 1.00 e. The molecule has 23 heavy (non-hydrogen) atoms. The maximum Gasteiger partial charge on any atom is 2.00 e. The molecule has 0 heterocycles. The number of ether oxygens (including phenoxy) is 2. The van der Waals surface area contributed by atoms with Gasteiger partial charge in [0, 0.05) is 5.75 Å². The number of hydrogen-bond donors (Lipinski definition) is 0. The third-order valence-electron chi connectivity index (χ3n) is 2.28. The van der Waals surface area contributed by atoms with Crippen LogP contribution in [0.5, 0.6) is 5.75 Å². The first kappa shape index (κ1) is 27.3. The SMILES string of the molecule is CC.CC.[Br-].[Mg+2].[c-]1ccccc1OCCOCc1ccccc1. The van der Waals surface area contributed by atoms with Crippen molar-refractivity contribution in [3.63, 3.8) is 0 Å². The molecule has 0 aliphatic heterocycles. The van der Waals surface area contributed by atoms with Gasteiger partial charge in [0.25, 0.3) is 0 Å². The van der Waals surface area contributed by atoms with Crippen molar-refractivity contribution in [1.29, 1.82) is 0 Å². The summed E-state index contributed by atoms with van der Waals surface area (Å²) < 4.78 is 11.0. The van der Waals surface area contributed by atoms with Crippen LogP contribution in [0.3, 0.4) is 0 Å². The summed E-state index contributed by atoms with van der Waals surface area (Å²) in [5.41, 5.74) is 1.18. The molecule has 0 aliphatic carbocycles. The van der Waals surface area contributed by atoms with Crippen LogP contribution in [0.2, 0.25) is 0 Å². The van der Waals surface area contributed by atoms with Crippen LogP contribution in [-0.4, -0.2) is 36.3 Å². The molecule has 0 amide bonds. The third-order valence-corrected chi connectivity index (χ3v) is 2.28. The van der Waals surface area contributed by atoms with Gasteiger partial charge in [0.05, 0.1) is 13.2 Å². The van der Waals surface area contributed by atoms with Gasteiger partial charge in [-0.15, -0.1) is 12.1 Å². The molecule has 0 fully saturated rings. The van der Waals surface area contributed by atoms with Crippen molar-refractivity contribution in [1.82, 2.24) is 0 Å². The average Bonchev–Trinajstić information content (AvgIpc) is 2.60. The van der Waals surface area contributed by atoms with E-state index in [0.717, 1.165) is 5.75 Å². The summed E-state index contributed by atoms with van der Waals surface area (Å²) in [7, 11) is 0. The van der Waals surface area contributed by atoms with Gasteiger partial charge in [-0.05, 0) is 5.56 Å². The molecule has 0 saturated carbocycles. The first-order valence-corrected chi connectivity index (χ1v) is 7.66. The summed E-state index contributed by atoms with van der Waals surface area (Å²) in [5.74, 6) is 0.760. The summed E-state index contributed by atoms with van der Waals surface area (Å²) in [5, 5.41) is 0. The maximum atomic E-state index is 5.50. The van der Waals surface area contributed by atoms with E-state index in [9.17, 15) is 0 Å². The molecule has 0 aromatic heterocycles. The molecule has 2 nitrogen and oxygen atoms in total. The molecule has 0 N–H and O–H groups in total. The summed E-state index contributed by atoms with van der Waals surface area (Å²) in [6.45, 7) is 9.76. The minimum atomic E-state index is 0. The second kappa shape index (κ2) is 21.4. The molecule has 4 heteroatoms. The van der Waals surface area contributed by atoms with Gasteiger partial charge in [-0.2, -0.15) is 18.2 Å². The maximum absolute atomic E-state index is 5.50. The van der Waals surface area contributed by atoms with E-state index in [0.29, 0.717) is 19.8 Å². The minimum absolute atomic E-state index is 0. The monoisotopic (exact) mass is 390 g/mol. The number of hydrogen-bond acceptors (Lipinski definition) is 2. The fourth-order valence-corrected chi connectivity index (χ4v) is 1.44. The van der Waals surface area contributed by atoms with E-state index in [2.05, 4.69) is 6.07 Å². The molecule has 0 radical (unpaired) electrons. The van der Waals surface area contributed by atoms with Crippen LogP contribution in [0, 0.1) is 6.07 Å². The molecule has 2 rings (SSSR count). The van der Waals surface area contributed by atoms with E-state index in [1.54, 1.807) is 0 Å². The summed E-state index contributed by atoms with van der Waals surface area (Å²) in [6.07, 6.45) is 0. The van der Waals surface area contributed by atoms with Crippen LogP contribution < -0.4 is 21.7 Å². The molecule has 2 aromatic rings. The Kier molecular flexibility index (Phi) is 25.5. The zero-order valence-corrected chi connectivity index (χ0v) is 17.7. The number of benzene rings is 2. The Balaban J connectivity index is -0.000000619. The molecule has 0 atom stereocenters. The largest absolute Gasteiger partial charge is 2.00 e. The van der Waals surface area contributed by atoms with Crippen LogP contribution in [-0.2, 0) is 11.3 Å². The van der Waals surface area contributed by atoms with E-state index in [1.807, 2.05) is 82.3 Å². The van der Waals surface area contributed by atoms with Gasteiger partial charge >= 0.3 is 23.1 Å². The Morgan fingerprint density at radius 1 is 0.826 bits per heavy atom. The Morgan fingerprint density at radius 2 is 1.43 bits per heavy atom. The van der Waals surface area contributed by atoms with Gasteiger partial charge in [-0.3, -0.25) is 0 Å². The van der Waals surface area contributed by atoms with Gasteiger partial charge in [0.2, 0.25) is 0 Å². The fraction of sp³-hybridized carbons (Fsp3) is 0.368. The Morgan fingerprint density at radius 3 is 2.00 bits per heavy atom. The fourth-order valence-electron chi connectivity index (χ4n) is 1.44. The van der Waals surface area contributed by atoms with Crippen LogP contribution in [0.1, 0.15) is 33.3 Å². The van der Waals surface area contributed by atoms with E-state index >= 15 is 0 Å². The van der Waals surface area contributed by atoms with Gasteiger partial charge in [-0.1, -0.05) is 58.0 Å². The molecule has 0 unspecified atom stereocenters. The number of halogens is 1. The number of rotatable bonds is 6. The van der Waals surface area contributed by atoms with Crippen molar-refractivity contribution in [2.45, 2.75) is 34.3 Å². The molecule has 0 aliphatic rings. The predicted molar refractivity (Wildman–Crippen MR) is 95.3 cm³/mol. The van der Waals surface area contributed by atoms with Gasteiger partial charge < -0.3 is 26.5 Å². The predicted octanol–water partition coefficient (Wildman–Crippen LogP) is 1.76. The van der Waals surface area contributed by atoms with Crippen LogP contribution >= 0.6 is 0 Å². The van der Waals surface area contributed by atoms with Crippen LogP contribution in [0.4, 0.5) is 0 Å². The second-order valence-electron chi connectivity index (χ2n) is 3.61. The first-order valence-electron chi connectivity index (χ1n) is 7.66. The third kappa shape index (κ3) is 14.8. The van der Waals surface area contributed by atoms with E-state index < -0.39 is 0 Å². The first-order chi connectivity index (χ1) is 10.4. The molecule has 124 valence electrons. The minimum Gasteiger partial charge on any atom is -1.00 e. The van der Waals surface area contributed by atoms with Crippen molar-refractivity contribution in [3.8, 4) is 5.75 Å². The Bertz CT molecular complexity index is 382. The summed E-state index contributed by atoms with van der Waals surface area (Å²) in [4.78, 5) is 0. The molecular formula is C19H27BrMgO2. The summed E-state index contributed by atoms with van der Waals surface area (Å²) >= 11 is 0. The second-order valence-corrected chi connectivity index (χ2v) is 3.61. The molecule has 0 spiro atoms. The zero-order chi connectivity index (χ0) is 15.8. The van der Waals surface area contributed by atoms with E-state index in [1.165, 1.54) is 5.56 Å². The molecule has 0 saturated heterocycles. The Labute approximate surface area is 168 Å². The van der Waals surface area contributed by atoms with Gasteiger partial charge in [0.1, 0.15) is 6.61 Å². The van der Waals surface area contributed by atoms with Gasteiger partial charge in [-0.25, -0.2) is 0 Å². The topological polar surface area (TPSA) is 18.5 Å². The van der Waals surface area contributed by atoms with Crippen LogP contribution in [0.25, 0.3) is 0 Å². The zero-order valence-electron chi connectivity index (χ0n) is 14.7. The quantitative estimate of drug-likeness (QED) is 0.424. The van der Waals surface area contributed by atoms with Crippen molar-refractivity contribution >= 4 is 23.1 Å². The van der Waals surface area contributed by atoms with E-state index in [-0.39, 0.29) is 40.0 Å².